The summed E-state index contributed by atoms with van der Waals surface area (Å²) in [5.41, 5.74) is 0. The van der Waals surface area contributed by atoms with E-state index >= 15 is 0 Å². The number of aromatic amines is 1. The Bertz CT molecular complexity index is 546. The summed E-state index contributed by atoms with van der Waals surface area (Å²) < 4.78 is 13.3. The van der Waals surface area contributed by atoms with Crippen LogP contribution in [-0.4, -0.2) is 15.2 Å². The fraction of sp³-hybridized carbons (Fsp3) is 0.182. The molecule has 0 bridgehead atoms. The molecule has 0 atom stereocenters. The van der Waals surface area contributed by atoms with Crippen LogP contribution in [0.3, 0.4) is 0 Å². The van der Waals surface area contributed by atoms with Gasteiger partial charge in [-0.05, 0) is 12.1 Å². The maximum atomic E-state index is 13.3. The second-order valence-corrected chi connectivity index (χ2v) is 4.27. The quantitative estimate of drug-likeness (QED) is 0.843. The van der Waals surface area contributed by atoms with Crippen LogP contribution in [0.2, 0.25) is 0 Å². The van der Waals surface area contributed by atoms with E-state index in [-0.39, 0.29) is 12.2 Å². The third-order valence-corrected chi connectivity index (χ3v) is 3.08. The van der Waals surface area contributed by atoms with E-state index in [1.165, 1.54) is 17.8 Å². The average molecular weight is 248 g/mol. The van der Waals surface area contributed by atoms with Gasteiger partial charge in [-0.2, -0.15) is 10.4 Å². The van der Waals surface area contributed by atoms with Gasteiger partial charge in [0.2, 0.25) is 0 Å². The lowest BCUT2D eigenvalue weighted by Crippen LogP contribution is -1.87. The summed E-state index contributed by atoms with van der Waals surface area (Å²) in [6.07, 6.45) is 0.181. The molecule has 4 nitrogen and oxygen atoms in total. The minimum absolute atomic E-state index is 0.181. The number of hydrogen-bond donors (Lipinski definition) is 1. The second-order valence-electron chi connectivity index (χ2n) is 3.25. The highest BCUT2D eigenvalue weighted by Crippen LogP contribution is 2.23. The van der Waals surface area contributed by atoms with Crippen LogP contribution >= 0.6 is 11.8 Å². The molecular weight excluding hydrogens is 239 g/mol. The number of rotatable bonds is 4. The number of aromatic nitrogens is 3. The number of benzene rings is 1. The number of hydrogen-bond acceptors (Lipinski definition) is 4. The highest BCUT2D eigenvalue weighted by molar-refractivity contribution is 7.98. The van der Waals surface area contributed by atoms with Crippen molar-refractivity contribution in [3.8, 4) is 6.07 Å². The van der Waals surface area contributed by atoms with Gasteiger partial charge < -0.3 is 0 Å². The summed E-state index contributed by atoms with van der Waals surface area (Å²) in [5.74, 6) is 1.37. The molecule has 0 spiro atoms. The molecule has 0 aliphatic heterocycles. The lowest BCUT2D eigenvalue weighted by atomic mass is 10.3. The first kappa shape index (κ1) is 11.6. The van der Waals surface area contributed by atoms with Crippen molar-refractivity contribution in [1.29, 1.82) is 5.26 Å². The van der Waals surface area contributed by atoms with Gasteiger partial charge in [0.15, 0.2) is 5.82 Å². The predicted molar refractivity (Wildman–Crippen MR) is 61.7 cm³/mol. The minimum atomic E-state index is -0.241. The first-order valence-corrected chi connectivity index (χ1v) is 5.92. The van der Waals surface area contributed by atoms with Gasteiger partial charge in [0, 0.05) is 4.90 Å². The Kier molecular flexibility index (Phi) is 3.73. The largest absolute Gasteiger partial charge is 0.262 e. The zero-order valence-corrected chi connectivity index (χ0v) is 9.67. The lowest BCUT2D eigenvalue weighted by Gasteiger charge is -1.99. The van der Waals surface area contributed by atoms with Crippen molar-refractivity contribution in [3.05, 3.63) is 41.7 Å². The van der Waals surface area contributed by atoms with Gasteiger partial charge in [-0.15, -0.1) is 11.8 Å². The van der Waals surface area contributed by atoms with Crippen molar-refractivity contribution in [3.63, 3.8) is 0 Å². The molecule has 0 amide bonds. The standard InChI is InChI=1S/C11H9FN4S/c12-8-3-1-2-4-9(8)17-7-11-14-10(5-6-13)15-16-11/h1-4H,5,7H2,(H,14,15,16). The monoisotopic (exact) mass is 248 g/mol. The van der Waals surface area contributed by atoms with Crippen LogP contribution < -0.4 is 0 Å². The summed E-state index contributed by atoms with van der Waals surface area (Å²) >= 11 is 1.34. The Morgan fingerprint density at radius 2 is 2.24 bits per heavy atom. The number of halogens is 1. The van der Waals surface area contributed by atoms with Gasteiger partial charge in [-0.25, -0.2) is 9.37 Å². The van der Waals surface area contributed by atoms with E-state index in [4.69, 9.17) is 5.26 Å². The maximum absolute atomic E-state index is 13.3. The molecule has 86 valence electrons. The molecular formula is C11H9FN4S. The van der Waals surface area contributed by atoms with E-state index in [9.17, 15) is 4.39 Å². The first-order valence-electron chi connectivity index (χ1n) is 4.94. The molecule has 17 heavy (non-hydrogen) atoms. The van der Waals surface area contributed by atoms with Crippen molar-refractivity contribution in [2.45, 2.75) is 17.1 Å². The topological polar surface area (TPSA) is 65.4 Å². The molecule has 1 aromatic heterocycles. The molecule has 1 N–H and O–H groups in total. The molecule has 2 aromatic rings. The Hall–Kier alpha value is -1.87. The van der Waals surface area contributed by atoms with Crippen LogP contribution in [0.1, 0.15) is 11.6 Å². The van der Waals surface area contributed by atoms with Gasteiger partial charge in [-0.3, -0.25) is 5.10 Å². The maximum Gasteiger partial charge on any atom is 0.164 e. The molecule has 0 unspecified atom stereocenters. The van der Waals surface area contributed by atoms with E-state index in [0.717, 1.165) is 0 Å². The molecule has 0 saturated heterocycles. The number of nitrogens with one attached hydrogen (secondary N) is 1. The highest BCUT2D eigenvalue weighted by atomic mass is 32.2. The van der Waals surface area contributed by atoms with Crippen LogP contribution in [0.25, 0.3) is 0 Å². The molecule has 1 heterocycles. The smallest absolute Gasteiger partial charge is 0.164 e. The Labute approximate surface area is 102 Å². The van der Waals surface area contributed by atoms with Gasteiger partial charge >= 0.3 is 0 Å². The first-order chi connectivity index (χ1) is 8.29. The Balaban J connectivity index is 1.98. The highest BCUT2D eigenvalue weighted by Gasteiger charge is 2.05. The normalized spacial score (nSPS) is 10.1. The zero-order valence-electron chi connectivity index (χ0n) is 8.85. The third-order valence-electron chi connectivity index (χ3n) is 2.02. The summed E-state index contributed by atoms with van der Waals surface area (Å²) in [7, 11) is 0. The van der Waals surface area contributed by atoms with Gasteiger partial charge in [-0.1, -0.05) is 12.1 Å². The number of H-pyrrole nitrogens is 1. The summed E-state index contributed by atoms with van der Waals surface area (Å²) in [6, 6.07) is 8.54. The summed E-state index contributed by atoms with van der Waals surface area (Å²) in [5, 5.41) is 15.1. The van der Waals surface area contributed by atoms with E-state index in [1.807, 2.05) is 6.07 Å². The van der Waals surface area contributed by atoms with Crippen molar-refractivity contribution in [2.24, 2.45) is 0 Å². The summed E-state index contributed by atoms with van der Waals surface area (Å²) in [6.45, 7) is 0. The second kappa shape index (κ2) is 5.46. The van der Waals surface area contributed by atoms with Crippen LogP contribution in [0.5, 0.6) is 0 Å². The van der Waals surface area contributed by atoms with Crippen LogP contribution in [0, 0.1) is 17.1 Å². The van der Waals surface area contributed by atoms with Crippen molar-refractivity contribution >= 4 is 11.8 Å². The fourth-order valence-electron chi connectivity index (χ4n) is 1.26. The molecule has 0 saturated carbocycles. The Morgan fingerprint density at radius 3 is 3.00 bits per heavy atom. The zero-order chi connectivity index (χ0) is 12.1. The van der Waals surface area contributed by atoms with Crippen molar-refractivity contribution in [2.75, 3.05) is 0 Å². The SMILES string of the molecule is N#CCc1n[nH]c(CSc2ccccc2F)n1. The minimum Gasteiger partial charge on any atom is -0.262 e. The summed E-state index contributed by atoms with van der Waals surface area (Å²) in [4.78, 5) is 4.69. The third kappa shape index (κ3) is 3.04. The molecule has 0 radical (unpaired) electrons. The molecule has 2 rings (SSSR count). The van der Waals surface area contributed by atoms with Crippen molar-refractivity contribution < 1.29 is 4.39 Å². The lowest BCUT2D eigenvalue weighted by molar-refractivity contribution is 0.602. The average Bonchev–Trinajstić information content (AvgIpc) is 2.76. The van der Waals surface area contributed by atoms with Gasteiger partial charge in [0.1, 0.15) is 11.6 Å². The molecule has 6 heteroatoms. The van der Waals surface area contributed by atoms with Crippen LogP contribution in [-0.2, 0) is 12.2 Å². The molecule has 1 aromatic carbocycles. The van der Waals surface area contributed by atoms with E-state index in [1.54, 1.807) is 18.2 Å². The number of nitriles is 1. The predicted octanol–water partition coefficient (Wildman–Crippen LogP) is 2.30. The van der Waals surface area contributed by atoms with E-state index in [2.05, 4.69) is 15.2 Å². The molecule has 0 fully saturated rings. The van der Waals surface area contributed by atoms with Crippen LogP contribution in [0.4, 0.5) is 4.39 Å². The van der Waals surface area contributed by atoms with E-state index in [0.29, 0.717) is 22.3 Å². The number of nitrogens with zero attached hydrogens (tertiary/aromatic N) is 3. The van der Waals surface area contributed by atoms with Crippen LogP contribution in [0.15, 0.2) is 29.2 Å². The molecule has 0 aliphatic rings. The van der Waals surface area contributed by atoms with Crippen molar-refractivity contribution in [1.82, 2.24) is 15.2 Å². The van der Waals surface area contributed by atoms with Gasteiger partial charge in [0.05, 0.1) is 18.2 Å². The Morgan fingerprint density at radius 1 is 1.41 bits per heavy atom. The molecule has 0 aliphatic carbocycles. The fourth-order valence-corrected chi connectivity index (χ4v) is 2.06. The van der Waals surface area contributed by atoms with E-state index < -0.39 is 0 Å². The van der Waals surface area contributed by atoms with Gasteiger partial charge in [0.25, 0.3) is 0 Å². The number of thioether (sulfide) groups is 1.